The Bertz CT molecular complexity index is 710. The molecule has 2 heterocycles. The van der Waals surface area contributed by atoms with Crippen LogP contribution in [0.4, 0.5) is 0 Å². The van der Waals surface area contributed by atoms with Gasteiger partial charge in [-0.05, 0) is 19.2 Å². The lowest BCUT2D eigenvalue weighted by atomic mass is 10.2. The lowest BCUT2D eigenvalue weighted by Gasteiger charge is -2.20. The first kappa shape index (κ1) is 12.8. The summed E-state index contributed by atoms with van der Waals surface area (Å²) >= 11 is 0. The van der Waals surface area contributed by atoms with Gasteiger partial charge in [0.25, 0.3) is 5.56 Å². The molecule has 1 N–H and O–H groups in total. The first-order valence-electron chi connectivity index (χ1n) is 6.50. The molecule has 0 bridgehead atoms. The lowest BCUT2D eigenvalue weighted by Crippen LogP contribution is -2.35. The number of hydrogen-bond donors (Lipinski definition) is 1. The van der Waals surface area contributed by atoms with Crippen LogP contribution in [0, 0.1) is 0 Å². The number of hydrogen-bond acceptors (Lipinski definition) is 5. The number of carbonyl (C=O) groups is 1. The Hall–Kier alpha value is -2.21. The summed E-state index contributed by atoms with van der Waals surface area (Å²) in [5.74, 6) is 0.339. The molecular weight excluding hydrogens is 258 g/mol. The summed E-state index contributed by atoms with van der Waals surface area (Å²) < 4.78 is 4.95. The number of cyclic esters (lactones) is 1. The molecule has 1 saturated heterocycles. The number of para-hydroxylation sites is 1. The van der Waals surface area contributed by atoms with Crippen molar-refractivity contribution >= 4 is 16.9 Å². The smallest absolute Gasteiger partial charge is 0.323 e. The minimum Gasteiger partial charge on any atom is -0.464 e. The van der Waals surface area contributed by atoms with Crippen LogP contribution < -0.4 is 5.56 Å². The van der Waals surface area contributed by atoms with E-state index in [9.17, 15) is 9.59 Å². The number of H-pyrrole nitrogens is 1. The SMILES string of the molecule is CN(Cc1nc2ccccc2c(=O)[nH]1)[C@@H]1CCOC1=O. The number of carbonyl (C=O) groups excluding carboxylic acids is 1. The summed E-state index contributed by atoms with van der Waals surface area (Å²) in [4.78, 5) is 32.5. The average molecular weight is 273 g/mol. The Balaban J connectivity index is 1.87. The molecule has 6 heteroatoms. The van der Waals surface area contributed by atoms with Crippen molar-refractivity contribution in [2.24, 2.45) is 0 Å². The largest absolute Gasteiger partial charge is 0.464 e. The number of aromatic amines is 1. The highest BCUT2D eigenvalue weighted by Crippen LogP contribution is 2.14. The van der Waals surface area contributed by atoms with E-state index >= 15 is 0 Å². The van der Waals surface area contributed by atoms with Gasteiger partial charge in [0.05, 0.1) is 24.1 Å². The van der Waals surface area contributed by atoms with Crippen molar-refractivity contribution in [3.05, 3.63) is 40.4 Å². The van der Waals surface area contributed by atoms with Crippen molar-refractivity contribution in [3.63, 3.8) is 0 Å². The zero-order valence-electron chi connectivity index (χ0n) is 11.1. The van der Waals surface area contributed by atoms with Crippen LogP contribution in [-0.4, -0.2) is 40.5 Å². The molecule has 0 unspecified atom stereocenters. The third kappa shape index (κ3) is 2.30. The quantitative estimate of drug-likeness (QED) is 0.832. The van der Waals surface area contributed by atoms with Crippen molar-refractivity contribution in [3.8, 4) is 0 Å². The van der Waals surface area contributed by atoms with E-state index in [-0.39, 0.29) is 17.6 Å². The van der Waals surface area contributed by atoms with Crippen LogP contribution in [0.2, 0.25) is 0 Å². The highest BCUT2D eigenvalue weighted by Gasteiger charge is 2.30. The predicted molar refractivity (Wildman–Crippen MR) is 73.2 cm³/mol. The van der Waals surface area contributed by atoms with Crippen LogP contribution >= 0.6 is 0 Å². The Morgan fingerprint density at radius 2 is 2.20 bits per heavy atom. The zero-order chi connectivity index (χ0) is 14.1. The monoisotopic (exact) mass is 273 g/mol. The number of ether oxygens (including phenoxy) is 1. The van der Waals surface area contributed by atoms with Gasteiger partial charge in [0, 0.05) is 6.42 Å². The van der Waals surface area contributed by atoms with Gasteiger partial charge in [-0.3, -0.25) is 14.5 Å². The first-order chi connectivity index (χ1) is 9.65. The summed E-state index contributed by atoms with van der Waals surface area (Å²) in [7, 11) is 1.83. The standard InChI is InChI=1S/C14H15N3O3/c1-17(11-6-7-20-14(11)19)8-12-15-10-5-3-2-4-9(10)13(18)16-12/h2-5,11H,6-8H2,1H3,(H,15,16,18)/t11-/m1/s1. The molecule has 0 aliphatic carbocycles. The van der Waals surface area contributed by atoms with Crippen molar-refractivity contribution in [2.75, 3.05) is 13.7 Å². The van der Waals surface area contributed by atoms with E-state index in [1.54, 1.807) is 18.2 Å². The fraction of sp³-hybridized carbons (Fsp3) is 0.357. The maximum atomic E-state index is 12.0. The molecule has 0 saturated carbocycles. The number of esters is 1. The van der Waals surface area contributed by atoms with E-state index < -0.39 is 0 Å². The molecule has 0 amide bonds. The normalized spacial score (nSPS) is 18.7. The van der Waals surface area contributed by atoms with Gasteiger partial charge in [-0.15, -0.1) is 0 Å². The molecular formula is C14H15N3O3. The molecule has 2 aromatic rings. The van der Waals surface area contributed by atoms with Crippen molar-refractivity contribution < 1.29 is 9.53 Å². The number of nitrogens with one attached hydrogen (secondary N) is 1. The molecule has 0 spiro atoms. The maximum absolute atomic E-state index is 12.0. The zero-order valence-corrected chi connectivity index (χ0v) is 11.1. The predicted octanol–water partition coefficient (Wildman–Crippen LogP) is 0.670. The molecule has 1 aromatic carbocycles. The van der Waals surface area contributed by atoms with E-state index in [0.29, 0.717) is 36.3 Å². The minimum atomic E-state index is -0.258. The average Bonchev–Trinajstić information content (AvgIpc) is 2.85. The van der Waals surface area contributed by atoms with Crippen molar-refractivity contribution in [1.82, 2.24) is 14.9 Å². The van der Waals surface area contributed by atoms with Crippen molar-refractivity contribution in [2.45, 2.75) is 19.0 Å². The number of rotatable bonds is 3. The van der Waals surface area contributed by atoms with Gasteiger partial charge < -0.3 is 9.72 Å². The maximum Gasteiger partial charge on any atom is 0.323 e. The number of benzene rings is 1. The van der Waals surface area contributed by atoms with E-state index in [1.165, 1.54) is 0 Å². The molecule has 1 aliphatic heterocycles. The van der Waals surface area contributed by atoms with Crippen LogP contribution in [0.3, 0.4) is 0 Å². The Kier molecular flexibility index (Phi) is 3.23. The molecule has 1 aromatic heterocycles. The van der Waals surface area contributed by atoms with Crippen LogP contribution in [0.1, 0.15) is 12.2 Å². The van der Waals surface area contributed by atoms with Gasteiger partial charge in [0.15, 0.2) is 0 Å². The van der Waals surface area contributed by atoms with Crippen LogP contribution in [0.25, 0.3) is 10.9 Å². The van der Waals surface area contributed by atoms with Crippen LogP contribution in [-0.2, 0) is 16.1 Å². The topological polar surface area (TPSA) is 75.3 Å². The molecule has 3 rings (SSSR count). The van der Waals surface area contributed by atoms with E-state index in [4.69, 9.17) is 4.74 Å². The summed E-state index contributed by atoms with van der Waals surface area (Å²) in [6.07, 6.45) is 0.674. The fourth-order valence-corrected chi connectivity index (χ4v) is 2.44. The molecule has 1 fully saturated rings. The van der Waals surface area contributed by atoms with E-state index in [0.717, 1.165) is 0 Å². The summed E-state index contributed by atoms with van der Waals surface area (Å²) in [5, 5.41) is 0.569. The molecule has 0 radical (unpaired) electrons. The Morgan fingerprint density at radius 3 is 2.95 bits per heavy atom. The third-order valence-corrected chi connectivity index (χ3v) is 3.50. The Labute approximate surface area is 115 Å². The molecule has 20 heavy (non-hydrogen) atoms. The highest BCUT2D eigenvalue weighted by molar-refractivity contribution is 5.78. The van der Waals surface area contributed by atoms with Gasteiger partial charge in [0.1, 0.15) is 11.9 Å². The summed E-state index contributed by atoms with van der Waals surface area (Å²) in [6, 6.07) is 6.93. The second kappa shape index (κ2) is 5.05. The van der Waals surface area contributed by atoms with Gasteiger partial charge in [0.2, 0.25) is 0 Å². The van der Waals surface area contributed by atoms with Gasteiger partial charge >= 0.3 is 5.97 Å². The van der Waals surface area contributed by atoms with E-state index in [1.807, 2.05) is 18.0 Å². The Morgan fingerprint density at radius 1 is 1.40 bits per heavy atom. The molecule has 6 nitrogen and oxygen atoms in total. The molecule has 1 atom stereocenters. The number of nitrogens with zero attached hydrogens (tertiary/aromatic N) is 2. The van der Waals surface area contributed by atoms with Crippen LogP contribution in [0.5, 0.6) is 0 Å². The van der Waals surface area contributed by atoms with E-state index in [2.05, 4.69) is 9.97 Å². The summed E-state index contributed by atoms with van der Waals surface area (Å²) in [6.45, 7) is 0.856. The van der Waals surface area contributed by atoms with Gasteiger partial charge in [-0.2, -0.15) is 0 Å². The number of aromatic nitrogens is 2. The fourth-order valence-electron chi connectivity index (χ4n) is 2.44. The summed E-state index contributed by atoms with van der Waals surface area (Å²) in [5.41, 5.74) is 0.502. The van der Waals surface area contributed by atoms with Crippen molar-refractivity contribution in [1.29, 1.82) is 0 Å². The third-order valence-electron chi connectivity index (χ3n) is 3.50. The second-order valence-electron chi connectivity index (χ2n) is 4.92. The van der Waals surface area contributed by atoms with Gasteiger partial charge in [-0.25, -0.2) is 4.98 Å². The minimum absolute atomic E-state index is 0.159. The highest BCUT2D eigenvalue weighted by atomic mass is 16.5. The second-order valence-corrected chi connectivity index (χ2v) is 4.92. The molecule has 104 valence electrons. The number of fused-ring (bicyclic) bond motifs is 1. The van der Waals surface area contributed by atoms with Crippen LogP contribution in [0.15, 0.2) is 29.1 Å². The first-order valence-corrected chi connectivity index (χ1v) is 6.50. The van der Waals surface area contributed by atoms with Gasteiger partial charge in [-0.1, -0.05) is 12.1 Å². The number of likely N-dealkylation sites (N-methyl/N-ethyl adjacent to an activating group) is 1. The lowest BCUT2D eigenvalue weighted by molar-refractivity contribution is -0.142. The molecule has 1 aliphatic rings.